The summed E-state index contributed by atoms with van der Waals surface area (Å²) >= 11 is 1.98. The van der Waals surface area contributed by atoms with E-state index < -0.39 is 0 Å². The van der Waals surface area contributed by atoms with Crippen molar-refractivity contribution in [2.75, 3.05) is 5.75 Å². The second-order valence-corrected chi connectivity index (χ2v) is 4.46. The molecule has 0 unspecified atom stereocenters. The average Bonchev–Trinajstić information content (AvgIpc) is 2.62. The Hall–Kier alpha value is -0.430. The summed E-state index contributed by atoms with van der Waals surface area (Å²) in [6, 6.07) is 0. The first-order valence-corrected chi connectivity index (χ1v) is 5.81. The van der Waals surface area contributed by atoms with E-state index in [0.29, 0.717) is 0 Å². The van der Waals surface area contributed by atoms with Crippen molar-refractivity contribution < 1.29 is 0 Å². The fourth-order valence-electron chi connectivity index (χ4n) is 1.56. The van der Waals surface area contributed by atoms with E-state index in [1.54, 1.807) is 5.57 Å². The molecule has 0 saturated carbocycles. The smallest absolute Gasteiger partial charge is 0.00644 e. The molecule has 0 aromatic carbocycles. The average molecular weight is 194 g/mol. The highest BCUT2D eigenvalue weighted by atomic mass is 32.2. The van der Waals surface area contributed by atoms with Crippen molar-refractivity contribution in [3.8, 4) is 0 Å². The summed E-state index contributed by atoms with van der Waals surface area (Å²) in [7, 11) is 0. The number of hydrogen-bond donors (Lipinski definition) is 0. The van der Waals surface area contributed by atoms with Gasteiger partial charge in [0.05, 0.1) is 0 Å². The van der Waals surface area contributed by atoms with Gasteiger partial charge < -0.3 is 0 Å². The lowest BCUT2D eigenvalue weighted by atomic mass is 10.0. The molecule has 0 nitrogen and oxygen atoms in total. The van der Waals surface area contributed by atoms with E-state index in [4.69, 9.17) is 0 Å². The van der Waals surface area contributed by atoms with Gasteiger partial charge in [0, 0.05) is 10.7 Å². The summed E-state index contributed by atoms with van der Waals surface area (Å²) in [6.07, 6.45) is 5.67. The van der Waals surface area contributed by atoms with Gasteiger partial charge in [0.15, 0.2) is 0 Å². The van der Waals surface area contributed by atoms with Crippen LogP contribution in [-0.2, 0) is 0 Å². The van der Waals surface area contributed by atoms with E-state index in [9.17, 15) is 0 Å². The molecule has 1 rings (SSSR count). The normalized spacial score (nSPS) is 25.5. The van der Waals surface area contributed by atoms with Gasteiger partial charge in [0.25, 0.3) is 0 Å². The molecule has 0 atom stereocenters. The lowest BCUT2D eigenvalue weighted by Crippen LogP contribution is -1.87. The topological polar surface area (TPSA) is 0 Å². The predicted molar refractivity (Wildman–Crippen MR) is 63.0 cm³/mol. The number of allylic oxidation sites excluding steroid dienone is 5. The molecule has 1 fully saturated rings. The van der Waals surface area contributed by atoms with Crippen LogP contribution < -0.4 is 0 Å². The second-order valence-electron chi connectivity index (χ2n) is 3.33. The number of rotatable bonds is 1. The zero-order valence-electron chi connectivity index (χ0n) is 8.98. The van der Waals surface area contributed by atoms with Crippen LogP contribution in [0.4, 0.5) is 0 Å². The van der Waals surface area contributed by atoms with Crippen molar-refractivity contribution in [2.45, 2.75) is 34.1 Å². The van der Waals surface area contributed by atoms with Crippen molar-refractivity contribution in [3.05, 3.63) is 33.8 Å². The van der Waals surface area contributed by atoms with Gasteiger partial charge in [-0.25, -0.2) is 0 Å². The van der Waals surface area contributed by atoms with Crippen LogP contribution in [-0.4, -0.2) is 5.75 Å². The van der Waals surface area contributed by atoms with E-state index in [1.165, 1.54) is 28.2 Å². The summed E-state index contributed by atoms with van der Waals surface area (Å²) in [6.45, 7) is 8.67. The first-order valence-electron chi connectivity index (χ1n) is 4.83. The maximum atomic E-state index is 2.24. The molecule has 0 aromatic rings. The van der Waals surface area contributed by atoms with Crippen LogP contribution in [0.3, 0.4) is 0 Å². The molecule has 1 aliphatic rings. The fourth-order valence-corrected chi connectivity index (χ4v) is 2.68. The lowest BCUT2D eigenvalue weighted by molar-refractivity contribution is 1.13. The van der Waals surface area contributed by atoms with Crippen LogP contribution in [0.1, 0.15) is 34.1 Å². The van der Waals surface area contributed by atoms with Gasteiger partial charge in [0.1, 0.15) is 0 Å². The van der Waals surface area contributed by atoms with E-state index in [0.717, 1.165) is 0 Å². The lowest BCUT2D eigenvalue weighted by Gasteiger charge is -2.07. The Morgan fingerprint density at radius 1 is 1.31 bits per heavy atom. The molecular formula is C12H18S. The molecular weight excluding hydrogens is 176 g/mol. The molecule has 1 heteroatoms. The van der Waals surface area contributed by atoms with Crippen LogP contribution in [0.2, 0.25) is 0 Å². The molecule has 1 saturated heterocycles. The SMILES string of the molecule is C\C=C(C)/C(C)=C1/CCS/C1=C/C. The minimum atomic E-state index is 1.24. The molecule has 0 spiro atoms. The van der Waals surface area contributed by atoms with Crippen molar-refractivity contribution in [1.82, 2.24) is 0 Å². The molecule has 0 radical (unpaired) electrons. The molecule has 0 aliphatic carbocycles. The highest BCUT2D eigenvalue weighted by Gasteiger charge is 2.15. The standard InChI is InChI=1S/C12H18S/c1-5-9(3)10(4)11-7-8-13-12(11)6-2/h5-6H,7-8H2,1-4H3/b9-5-,11-10-,12-6+. The minimum Gasteiger partial charge on any atom is -0.126 e. The Morgan fingerprint density at radius 2 is 2.00 bits per heavy atom. The third-order valence-corrected chi connectivity index (χ3v) is 3.85. The molecule has 72 valence electrons. The third kappa shape index (κ3) is 2.28. The van der Waals surface area contributed by atoms with E-state index >= 15 is 0 Å². The molecule has 0 aromatic heterocycles. The Bertz CT molecular complexity index is 279. The van der Waals surface area contributed by atoms with Gasteiger partial charge in [-0.05, 0) is 45.3 Å². The van der Waals surface area contributed by atoms with Gasteiger partial charge in [-0.3, -0.25) is 0 Å². The Morgan fingerprint density at radius 3 is 2.54 bits per heavy atom. The Balaban J connectivity index is 3.03. The van der Waals surface area contributed by atoms with Crippen molar-refractivity contribution >= 4 is 11.8 Å². The summed E-state index contributed by atoms with van der Waals surface area (Å²) in [5, 5.41) is 0. The van der Waals surface area contributed by atoms with Gasteiger partial charge in [-0.2, -0.15) is 0 Å². The van der Waals surface area contributed by atoms with Crippen LogP contribution in [0, 0.1) is 0 Å². The van der Waals surface area contributed by atoms with Gasteiger partial charge in [-0.15, -0.1) is 11.8 Å². The maximum Gasteiger partial charge on any atom is 0.00644 e. The number of thioether (sulfide) groups is 1. The minimum absolute atomic E-state index is 1.24. The zero-order valence-corrected chi connectivity index (χ0v) is 9.79. The fraction of sp³-hybridized carbons (Fsp3) is 0.500. The summed E-state index contributed by atoms with van der Waals surface area (Å²) < 4.78 is 0. The molecule has 1 heterocycles. The van der Waals surface area contributed by atoms with Gasteiger partial charge in [0.2, 0.25) is 0 Å². The first-order chi connectivity index (χ1) is 6.20. The summed E-state index contributed by atoms with van der Waals surface area (Å²) in [5.41, 5.74) is 4.44. The van der Waals surface area contributed by atoms with Crippen LogP contribution >= 0.6 is 11.8 Å². The largest absolute Gasteiger partial charge is 0.126 e. The monoisotopic (exact) mass is 194 g/mol. The van der Waals surface area contributed by atoms with Crippen LogP contribution in [0.15, 0.2) is 33.8 Å². The van der Waals surface area contributed by atoms with Crippen molar-refractivity contribution in [2.24, 2.45) is 0 Å². The molecule has 1 aliphatic heterocycles. The second kappa shape index (κ2) is 4.71. The molecule has 0 bridgehead atoms. The Kier molecular flexibility index (Phi) is 3.86. The van der Waals surface area contributed by atoms with Crippen LogP contribution in [0.5, 0.6) is 0 Å². The molecule has 0 N–H and O–H groups in total. The quantitative estimate of drug-likeness (QED) is 0.599. The third-order valence-electron chi connectivity index (χ3n) is 2.65. The predicted octanol–water partition coefficient (Wildman–Crippen LogP) is 4.31. The maximum absolute atomic E-state index is 2.24. The molecule has 13 heavy (non-hydrogen) atoms. The summed E-state index contributed by atoms with van der Waals surface area (Å²) in [4.78, 5) is 1.48. The summed E-state index contributed by atoms with van der Waals surface area (Å²) in [5.74, 6) is 1.25. The van der Waals surface area contributed by atoms with Crippen molar-refractivity contribution in [1.29, 1.82) is 0 Å². The Labute approximate surface area is 85.8 Å². The van der Waals surface area contributed by atoms with Crippen molar-refractivity contribution in [3.63, 3.8) is 0 Å². The molecule has 0 amide bonds. The van der Waals surface area contributed by atoms with E-state index in [1.807, 2.05) is 11.8 Å². The first kappa shape index (κ1) is 10.6. The van der Waals surface area contributed by atoms with Crippen LogP contribution in [0.25, 0.3) is 0 Å². The van der Waals surface area contributed by atoms with E-state index in [2.05, 4.69) is 39.8 Å². The van der Waals surface area contributed by atoms with Gasteiger partial charge in [-0.1, -0.05) is 17.7 Å². The highest BCUT2D eigenvalue weighted by molar-refractivity contribution is 8.03. The highest BCUT2D eigenvalue weighted by Crippen LogP contribution is 2.38. The van der Waals surface area contributed by atoms with E-state index in [-0.39, 0.29) is 0 Å². The van der Waals surface area contributed by atoms with Gasteiger partial charge >= 0.3 is 0 Å². The number of hydrogen-bond acceptors (Lipinski definition) is 1. The zero-order chi connectivity index (χ0) is 9.84.